The highest BCUT2D eigenvalue weighted by Gasteiger charge is 2.11. The molecular formula is C14H17FN4. The van der Waals surface area contributed by atoms with Crippen molar-refractivity contribution in [2.75, 3.05) is 24.3 Å². The summed E-state index contributed by atoms with van der Waals surface area (Å²) < 4.78 is 13.7. The number of halogens is 1. The van der Waals surface area contributed by atoms with Crippen LogP contribution in [0.4, 0.5) is 16.2 Å². The van der Waals surface area contributed by atoms with E-state index in [0.717, 1.165) is 0 Å². The molecule has 1 heterocycles. The first-order chi connectivity index (χ1) is 9.08. The highest BCUT2D eigenvalue weighted by molar-refractivity contribution is 5.42. The van der Waals surface area contributed by atoms with Crippen LogP contribution in [0.2, 0.25) is 0 Å². The molecule has 1 aromatic carbocycles. The molecule has 0 aliphatic heterocycles. The van der Waals surface area contributed by atoms with Gasteiger partial charge in [-0.1, -0.05) is 18.2 Å². The summed E-state index contributed by atoms with van der Waals surface area (Å²) in [5.74, 6) is 1.07. The highest BCUT2D eigenvalue weighted by Crippen LogP contribution is 2.20. The molecule has 5 heteroatoms. The zero-order chi connectivity index (χ0) is 13.8. The van der Waals surface area contributed by atoms with Crippen LogP contribution < -0.4 is 10.2 Å². The molecule has 1 atom stereocenters. The lowest BCUT2D eigenvalue weighted by Gasteiger charge is -2.17. The van der Waals surface area contributed by atoms with Crippen LogP contribution in [0.5, 0.6) is 0 Å². The Morgan fingerprint density at radius 3 is 2.63 bits per heavy atom. The smallest absolute Gasteiger partial charge is 0.226 e. The number of hydrogen-bond acceptors (Lipinski definition) is 4. The van der Waals surface area contributed by atoms with Crippen LogP contribution in [-0.2, 0) is 0 Å². The van der Waals surface area contributed by atoms with Gasteiger partial charge in [0.1, 0.15) is 11.6 Å². The van der Waals surface area contributed by atoms with Crippen LogP contribution in [0.15, 0.2) is 36.5 Å². The molecule has 0 radical (unpaired) electrons. The average molecular weight is 260 g/mol. The van der Waals surface area contributed by atoms with Crippen molar-refractivity contribution >= 4 is 11.8 Å². The quantitative estimate of drug-likeness (QED) is 0.917. The maximum Gasteiger partial charge on any atom is 0.226 e. The molecule has 0 saturated heterocycles. The number of anilines is 2. The number of nitrogens with zero attached hydrogens (tertiary/aromatic N) is 3. The van der Waals surface area contributed by atoms with E-state index in [1.54, 1.807) is 24.4 Å². The molecule has 1 N–H and O–H groups in total. The predicted molar refractivity (Wildman–Crippen MR) is 74.8 cm³/mol. The molecule has 0 bridgehead atoms. The van der Waals surface area contributed by atoms with E-state index < -0.39 is 0 Å². The number of rotatable bonds is 4. The zero-order valence-electron chi connectivity index (χ0n) is 11.3. The second kappa shape index (κ2) is 5.65. The predicted octanol–water partition coefficient (Wildman–Crippen LogP) is 2.85. The van der Waals surface area contributed by atoms with E-state index in [4.69, 9.17) is 0 Å². The molecule has 0 aliphatic carbocycles. The summed E-state index contributed by atoms with van der Waals surface area (Å²) >= 11 is 0. The molecule has 0 saturated carbocycles. The maximum atomic E-state index is 13.7. The van der Waals surface area contributed by atoms with Crippen molar-refractivity contribution in [2.45, 2.75) is 13.0 Å². The van der Waals surface area contributed by atoms with Gasteiger partial charge in [0.05, 0.1) is 6.04 Å². The lowest BCUT2D eigenvalue weighted by atomic mass is 10.1. The normalized spacial score (nSPS) is 12.0. The SMILES string of the molecule is CC(Nc1ccnc(N(C)C)n1)c1ccccc1F. The van der Waals surface area contributed by atoms with Crippen LogP contribution in [0.3, 0.4) is 0 Å². The largest absolute Gasteiger partial charge is 0.363 e. The Morgan fingerprint density at radius 2 is 1.95 bits per heavy atom. The fourth-order valence-electron chi connectivity index (χ4n) is 1.77. The maximum absolute atomic E-state index is 13.7. The van der Waals surface area contributed by atoms with Crippen molar-refractivity contribution in [3.63, 3.8) is 0 Å². The van der Waals surface area contributed by atoms with Gasteiger partial charge in [0.25, 0.3) is 0 Å². The van der Waals surface area contributed by atoms with Crippen molar-refractivity contribution in [1.82, 2.24) is 9.97 Å². The molecule has 0 fully saturated rings. The van der Waals surface area contributed by atoms with Crippen LogP contribution in [0.25, 0.3) is 0 Å². The van der Waals surface area contributed by atoms with Gasteiger partial charge in [-0.3, -0.25) is 0 Å². The van der Waals surface area contributed by atoms with Crippen LogP contribution >= 0.6 is 0 Å². The number of aromatic nitrogens is 2. The summed E-state index contributed by atoms with van der Waals surface area (Å²) in [5, 5.41) is 3.18. The Kier molecular flexibility index (Phi) is 3.94. The van der Waals surface area contributed by atoms with Gasteiger partial charge in [0.2, 0.25) is 5.95 Å². The summed E-state index contributed by atoms with van der Waals surface area (Å²) in [7, 11) is 3.75. The Balaban J connectivity index is 2.17. The lowest BCUT2D eigenvalue weighted by Crippen LogP contribution is -2.15. The van der Waals surface area contributed by atoms with Crippen molar-refractivity contribution in [1.29, 1.82) is 0 Å². The minimum Gasteiger partial charge on any atom is -0.363 e. The van der Waals surface area contributed by atoms with Crippen LogP contribution in [-0.4, -0.2) is 24.1 Å². The molecule has 2 rings (SSSR count). The Bertz CT molecular complexity index is 557. The minimum atomic E-state index is -0.218. The molecular weight excluding hydrogens is 243 g/mol. The van der Waals surface area contributed by atoms with Crippen LogP contribution in [0.1, 0.15) is 18.5 Å². The molecule has 1 aromatic heterocycles. The number of hydrogen-bond donors (Lipinski definition) is 1. The molecule has 0 spiro atoms. The Morgan fingerprint density at radius 1 is 1.21 bits per heavy atom. The first-order valence-electron chi connectivity index (χ1n) is 6.09. The van der Waals surface area contributed by atoms with E-state index in [2.05, 4.69) is 15.3 Å². The summed E-state index contributed by atoms with van der Waals surface area (Å²) in [5.41, 5.74) is 0.618. The summed E-state index contributed by atoms with van der Waals surface area (Å²) in [6, 6.07) is 8.33. The summed E-state index contributed by atoms with van der Waals surface area (Å²) in [6.45, 7) is 1.90. The Hall–Kier alpha value is -2.17. The topological polar surface area (TPSA) is 41.1 Å². The third-order valence-electron chi connectivity index (χ3n) is 2.78. The summed E-state index contributed by atoms with van der Waals surface area (Å²) in [6.07, 6.45) is 1.68. The van der Waals surface area contributed by atoms with Gasteiger partial charge in [-0.2, -0.15) is 4.98 Å². The highest BCUT2D eigenvalue weighted by atomic mass is 19.1. The zero-order valence-corrected chi connectivity index (χ0v) is 11.3. The van der Waals surface area contributed by atoms with E-state index in [-0.39, 0.29) is 11.9 Å². The molecule has 4 nitrogen and oxygen atoms in total. The standard InChI is InChI=1S/C14H17FN4/c1-10(11-6-4-5-7-12(11)15)17-13-8-9-16-14(18-13)19(2)3/h4-10H,1-3H3,(H,16,17,18). The van der Waals surface area contributed by atoms with E-state index in [1.807, 2.05) is 32.0 Å². The third-order valence-corrected chi connectivity index (χ3v) is 2.78. The van der Waals surface area contributed by atoms with E-state index in [9.17, 15) is 4.39 Å². The van der Waals surface area contributed by atoms with Crippen molar-refractivity contribution in [3.05, 3.63) is 47.9 Å². The minimum absolute atomic E-state index is 0.161. The van der Waals surface area contributed by atoms with Gasteiger partial charge in [-0.05, 0) is 19.1 Å². The second-order valence-electron chi connectivity index (χ2n) is 4.52. The van der Waals surface area contributed by atoms with E-state index in [0.29, 0.717) is 17.3 Å². The van der Waals surface area contributed by atoms with Gasteiger partial charge < -0.3 is 10.2 Å². The molecule has 0 aliphatic rings. The second-order valence-corrected chi connectivity index (χ2v) is 4.52. The van der Waals surface area contributed by atoms with Crippen molar-refractivity contribution in [2.24, 2.45) is 0 Å². The molecule has 100 valence electrons. The monoisotopic (exact) mass is 260 g/mol. The van der Waals surface area contributed by atoms with Crippen molar-refractivity contribution in [3.8, 4) is 0 Å². The van der Waals surface area contributed by atoms with Gasteiger partial charge in [-0.15, -0.1) is 0 Å². The fourth-order valence-corrected chi connectivity index (χ4v) is 1.77. The first kappa shape index (κ1) is 13.3. The average Bonchev–Trinajstić information content (AvgIpc) is 2.39. The summed E-state index contributed by atoms with van der Waals surface area (Å²) in [4.78, 5) is 10.3. The van der Waals surface area contributed by atoms with Gasteiger partial charge in [-0.25, -0.2) is 9.37 Å². The van der Waals surface area contributed by atoms with Gasteiger partial charge >= 0.3 is 0 Å². The molecule has 1 unspecified atom stereocenters. The number of benzene rings is 1. The van der Waals surface area contributed by atoms with Gasteiger partial charge in [0.15, 0.2) is 0 Å². The number of nitrogens with one attached hydrogen (secondary N) is 1. The van der Waals surface area contributed by atoms with E-state index >= 15 is 0 Å². The third kappa shape index (κ3) is 3.19. The first-order valence-corrected chi connectivity index (χ1v) is 6.09. The van der Waals surface area contributed by atoms with Crippen LogP contribution in [0, 0.1) is 5.82 Å². The lowest BCUT2D eigenvalue weighted by molar-refractivity contribution is 0.600. The van der Waals surface area contributed by atoms with Gasteiger partial charge in [0, 0.05) is 25.9 Å². The molecule has 2 aromatic rings. The molecule has 19 heavy (non-hydrogen) atoms. The van der Waals surface area contributed by atoms with Crippen molar-refractivity contribution < 1.29 is 4.39 Å². The van der Waals surface area contributed by atoms with E-state index in [1.165, 1.54) is 6.07 Å². The molecule has 0 amide bonds. The Labute approximate surface area is 112 Å². The fraction of sp³-hybridized carbons (Fsp3) is 0.286.